The lowest BCUT2D eigenvalue weighted by Gasteiger charge is -2.31. The largest absolute Gasteiger partial charge is 0.497 e. The quantitative estimate of drug-likeness (QED) is 0.719. The molecule has 1 fully saturated rings. The van der Waals surface area contributed by atoms with Gasteiger partial charge < -0.3 is 18.9 Å². The second-order valence-corrected chi connectivity index (χ2v) is 6.47. The van der Waals surface area contributed by atoms with Crippen molar-refractivity contribution in [2.24, 2.45) is 0 Å². The SMILES string of the molecule is COCCc1noc([C@@H]2CCC(=O)N(CCc3ccc(OC)cc3)C2)n1. The summed E-state index contributed by atoms with van der Waals surface area (Å²) < 4.78 is 15.6. The summed E-state index contributed by atoms with van der Waals surface area (Å²) in [4.78, 5) is 18.6. The van der Waals surface area contributed by atoms with E-state index < -0.39 is 0 Å². The van der Waals surface area contributed by atoms with Crippen LogP contribution < -0.4 is 4.74 Å². The van der Waals surface area contributed by atoms with Gasteiger partial charge in [-0.25, -0.2) is 0 Å². The molecule has 1 aliphatic rings. The lowest BCUT2D eigenvalue weighted by atomic mass is 9.97. The van der Waals surface area contributed by atoms with Crippen LogP contribution in [0.4, 0.5) is 0 Å². The van der Waals surface area contributed by atoms with Crippen LogP contribution >= 0.6 is 0 Å². The predicted octanol–water partition coefficient (Wildman–Crippen LogP) is 2.22. The van der Waals surface area contributed by atoms with E-state index in [4.69, 9.17) is 14.0 Å². The van der Waals surface area contributed by atoms with E-state index in [1.165, 1.54) is 5.56 Å². The number of piperidine rings is 1. The normalized spacial score (nSPS) is 17.5. The fraction of sp³-hybridized carbons (Fsp3) is 0.526. The standard InChI is InChI=1S/C19H25N3O4/c1-24-12-10-17-20-19(26-21-17)15-5-8-18(23)22(13-15)11-9-14-3-6-16(25-2)7-4-14/h3-4,6-7,15H,5,8-13H2,1-2H3/t15-/m1/s1. The summed E-state index contributed by atoms with van der Waals surface area (Å²) in [6.45, 7) is 1.88. The number of rotatable bonds is 8. The van der Waals surface area contributed by atoms with Crippen molar-refractivity contribution in [2.45, 2.75) is 31.6 Å². The van der Waals surface area contributed by atoms with Crippen LogP contribution in [0.1, 0.15) is 36.0 Å². The monoisotopic (exact) mass is 359 g/mol. The van der Waals surface area contributed by atoms with Crippen molar-refractivity contribution in [3.8, 4) is 5.75 Å². The van der Waals surface area contributed by atoms with Gasteiger partial charge in [0.15, 0.2) is 5.82 Å². The molecule has 1 atom stereocenters. The van der Waals surface area contributed by atoms with Crippen LogP contribution in [-0.4, -0.2) is 54.9 Å². The number of aromatic nitrogens is 2. The van der Waals surface area contributed by atoms with Crippen molar-refractivity contribution < 1.29 is 18.8 Å². The maximum absolute atomic E-state index is 12.3. The van der Waals surface area contributed by atoms with Crippen LogP contribution in [0.3, 0.4) is 0 Å². The summed E-state index contributed by atoms with van der Waals surface area (Å²) in [7, 11) is 3.30. The first-order valence-corrected chi connectivity index (χ1v) is 8.91. The van der Waals surface area contributed by atoms with Crippen molar-refractivity contribution in [1.82, 2.24) is 15.0 Å². The molecule has 1 amide bonds. The Morgan fingerprint density at radius 2 is 2.04 bits per heavy atom. The van der Waals surface area contributed by atoms with Gasteiger partial charge in [0, 0.05) is 33.0 Å². The maximum Gasteiger partial charge on any atom is 0.231 e. The summed E-state index contributed by atoms with van der Waals surface area (Å²) in [5.74, 6) is 2.41. The van der Waals surface area contributed by atoms with Crippen molar-refractivity contribution in [2.75, 3.05) is 33.9 Å². The molecular formula is C19H25N3O4. The molecule has 0 radical (unpaired) electrons. The Morgan fingerprint density at radius 1 is 1.23 bits per heavy atom. The summed E-state index contributed by atoms with van der Waals surface area (Å²) in [5, 5.41) is 4.00. The van der Waals surface area contributed by atoms with E-state index in [9.17, 15) is 4.79 Å². The first kappa shape index (κ1) is 18.4. The van der Waals surface area contributed by atoms with Crippen molar-refractivity contribution in [3.63, 3.8) is 0 Å². The Kier molecular flexibility index (Phi) is 6.22. The van der Waals surface area contributed by atoms with Gasteiger partial charge in [0.1, 0.15) is 5.75 Å². The topological polar surface area (TPSA) is 77.7 Å². The van der Waals surface area contributed by atoms with Crippen molar-refractivity contribution in [1.29, 1.82) is 0 Å². The number of ether oxygens (including phenoxy) is 2. The molecule has 1 saturated heterocycles. The molecule has 1 aromatic heterocycles. The predicted molar refractivity (Wildman–Crippen MR) is 95.1 cm³/mol. The average molecular weight is 359 g/mol. The van der Waals surface area contributed by atoms with Gasteiger partial charge in [0.25, 0.3) is 0 Å². The van der Waals surface area contributed by atoms with Crippen LogP contribution in [0.15, 0.2) is 28.8 Å². The third-order valence-corrected chi connectivity index (χ3v) is 4.69. The lowest BCUT2D eigenvalue weighted by molar-refractivity contribution is -0.133. The molecule has 0 unspecified atom stereocenters. The molecule has 140 valence electrons. The molecule has 0 spiro atoms. The number of carbonyl (C=O) groups excluding carboxylic acids is 1. The number of benzene rings is 1. The van der Waals surface area contributed by atoms with Gasteiger partial charge in [0.2, 0.25) is 11.8 Å². The minimum absolute atomic E-state index is 0.104. The van der Waals surface area contributed by atoms with Gasteiger partial charge in [0.05, 0.1) is 19.6 Å². The van der Waals surface area contributed by atoms with Crippen LogP contribution in [0, 0.1) is 0 Å². The van der Waals surface area contributed by atoms with Crippen LogP contribution in [-0.2, 0) is 22.4 Å². The van der Waals surface area contributed by atoms with Gasteiger partial charge in [-0.2, -0.15) is 4.98 Å². The van der Waals surface area contributed by atoms with E-state index in [-0.39, 0.29) is 11.8 Å². The average Bonchev–Trinajstić information content (AvgIpc) is 3.15. The lowest BCUT2D eigenvalue weighted by Crippen LogP contribution is -2.40. The summed E-state index contributed by atoms with van der Waals surface area (Å²) in [5.41, 5.74) is 1.18. The zero-order chi connectivity index (χ0) is 18.4. The fourth-order valence-electron chi connectivity index (χ4n) is 3.12. The number of hydrogen-bond acceptors (Lipinski definition) is 6. The molecule has 2 heterocycles. The van der Waals surface area contributed by atoms with E-state index in [1.807, 2.05) is 29.2 Å². The fourth-order valence-corrected chi connectivity index (χ4v) is 3.12. The molecule has 26 heavy (non-hydrogen) atoms. The Hall–Kier alpha value is -2.41. The number of amides is 1. The molecule has 3 rings (SSSR count). The molecule has 0 saturated carbocycles. The summed E-state index contributed by atoms with van der Waals surface area (Å²) in [6.07, 6.45) is 2.71. The smallest absolute Gasteiger partial charge is 0.231 e. The highest BCUT2D eigenvalue weighted by Crippen LogP contribution is 2.26. The second kappa shape index (κ2) is 8.80. The molecule has 0 bridgehead atoms. The summed E-state index contributed by atoms with van der Waals surface area (Å²) >= 11 is 0. The van der Waals surface area contributed by atoms with Gasteiger partial charge in [-0.05, 0) is 30.5 Å². The van der Waals surface area contributed by atoms with Crippen molar-refractivity contribution >= 4 is 5.91 Å². The van der Waals surface area contributed by atoms with Gasteiger partial charge in [-0.15, -0.1) is 0 Å². The first-order chi connectivity index (χ1) is 12.7. The Labute approximate surface area is 153 Å². The van der Waals surface area contributed by atoms with Gasteiger partial charge in [-0.1, -0.05) is 17.3 Å². The van der Waals surface area contributed by atoms with E-state index in [1.54, 1.807) is 14.2 Å². The molecule has 1 aromatic carbocycles. The third kappa shape index (κ3) is 4.60. The van der Waals surface area contributed by atoms with E-state index >= 15 is 0 Å². The minimum atomic E-state index is 0.104. The molecular weight excluding hydrogens is 334 g/mol. The number of nitrogens with zero attached hydrogens (tertiary/aromatic N) is 3. The molecule has 7 heteroatoms. The van der Waals surface area contributed by atoms with Crippen LogP contribution in [0.25, 0.3) is 0 Å². The Morgan fingerprint density at radius 3 is 2.77 bits per heavy atom. The van der Waals surface area contributed by atoms with Gasteiger partial charge >= 0.3 is 0 Å². The van der Waals surface area contributed by atoms with Crippen LogP contribution in [0.2, 0.25) is 0 Å². The number of hydrogen-bond donors (Lipinski definition) is 0. The first-order valence-electron chi connectivity index (χ1n) is 8.91. The van der Waals surface area contributed by atoms with Crippen LogP contribution in [0.5, 0.6) is 5.75 Å². The zero-order valence-electron chi connectivity index (χ0n) is 15.3. The highest BCUT2D eigenvalue weighted by atomic mass is 16.5. The Bertz CT molecular complexity index is 714. The van der Waals surface area contributed by atoms with Gasteiger partial charge in [-0.3, -0.25) is 4.79 Å². The second-order valence-electron chi connectivity index (χ2n) is 6.47. The molecule has 0 N–H and O–H groups in total. The Balaban J connectivity index is 1.57. The molecule has 0 aliphatic carbocycles. The van der Waals surface area contributed by atoms with E-state index in [0.717, 1.165) is 18.6 Å². The van der Waals surface area contributed by atoms with E-state index in [2.05, 4.69) is 10.1 Å². The molecule has 1 aliphatic heterocycles. The van der Waals surface area contributed by atoms with Crippen molar-refractivity contribution in [3.05, 3.63) is 41.5 Å². The highest BCUT2D eigenvalue weighted by molar-refractivity contribution is 5.77. The number of likely N-dealkylation sites (tertiary alicyclic amines) is 1. The van der Waals surface area contributed by atoms with E-state index in [0.29, 0.717) is 44.3 Å². The summed E-state index contributed by atoms with van der Waals surface area (Å²) in [6, 6.07) is 7.95. The maximum atomic E-state index is 12.3. The highest BCUT2D eigenvalue weighted by Gasteiger charge is 2.30. The number of carbonyl (C=O) groups is 1. The molecule has 2 aromatic rings. The third-order valence-electron chi connectivity index (χ3n) is 4.69. The molecule has 7 nitrogen and oxygen atoms in total. The minimum Gasteiger partial charge on any atom is -0.497 e. The zero-order valence-corrected chi connectivity index (χ0v) is 15.3. The number of methoxy groups -OCH3 is 2.